The second-order valence-corrected chi connectivity index (χ2v) is 9.54. The summed E-state index contributed by atoms with van der Waals surface area (Å²) in [6, 6.07) is 42.9. The van der Waals surface area contributed by atoms with Gasteiger partial charge in [0.15, 0.2) is 11.6 Å². The number of fused-ring (bicyclic) bond motifs is 3. The quantitative estimate of drug-likeness (QED) is 0.239. The van der Waals surface area contributed by atoms with Crippen molar-refractivity contribution in [2.24, 2.45) is 0 Å². The average Bonchev–Trinajstić information content (AvgIpc) is 3.32. The predicted molar refractivity (Wildman–Crippen MR) is 155 cm³/mol. The molecule has 0 unspecified atom stereocenters. The van der Waals surface area contributed by atoms with Gasteiger partial charge in [-0.2, -0.15) is 9.97 Å². The summed E-state index contributed by atoms with van der Waals surface area (Å²) >= 11 is 6.22. The first-order chi connectivity index (χ1) is 18.7. The van der Waals surface area contributed by atoms with Crippen LogP contribution in [0, 0.1) is 0 Å². The molecule has 0 aliphatic rings. The van der Waals surface area contributed by atoms with Crippen molar-refractivity contribution in [1.29, 1.82) is 0 Å². The largest absolute Gasteiger partial charge is 0.278 e. The molecule has 0 spiro atoms. The van der Waals surface area contributed by atoms with Crippen LogP contribution >= 0.6 is 11.6 Å². The van der Waals surface area contributed by atoms with E-state index in [1.165, 1.54) is 0 Å². The van der Waals surface area contributed by atoms with Crippen molar-refractivity contribution >= 4 is 33.4 Å². The third kappa shape index (κ3) is 3.92. The number of rotatable bonds is 4. The molecule has 0 N–H and O–H groups in total. The molecule has 5 heteroatoms. The Bertz CT molecular complexity index is 1870. The van der Waals surface area contributed by atoms with Crippen LogP contribution in [-0.2, 0) is 0 Å². The highest BCUT2D eigenvalue weighted by Gasteiger charge is 2.17. The third-order valence-electron chi connectivity index (χ3n) is 6.74. The number of aromatic nitrogens is 4. The molecular formula is C33H21ClN4. The van der Waals surface area contributed by atoms with Crippen LogP contribution in [0.3, 0.4) is 0 Å². The maximum absolute atomic E-state index is 6.22. The number of nitrogens with zero attached hydrogens (tertiary/aromatic N) is 4. The molecule has 4 nitrogen and oxygen atoms in total. The highest BCUT2D eigenvalue weighted by atomic mass is 35.5. The van der Waals surface area contributed by atoms with Crippen LogP contribution in [0.15, 0.2) is 127 Å². The van der Waals surface area contributed by atoms with E-state index in [4.69, 9.17) is 26.6 Å². The zero-order valence-corrected chi connectivity index (χ0v) is 21.0. The first-order valence-electron chi connectivity index (χ1n) is 12.4. The summed E-state index contributed by atoms with van der Waals surface area (Å²) in [5.74, 6) is 1.84. The number of halogens is 1. The average molecular weight is 509 g/mol. The minimum absolute atomic E-state index is 0.588. The van der Waals surface area contributed by atoms with Crippen molar-refractivity contribution in [3.05, 3.63) is 132 Å². The molecule has 2 aromatic heterocycles. The molecule has 0 amide bonds. The Labute approximate surface area is 224 Å². The van der Waals surface area contributed by atoms with Gasteiger partial charge in [0.2, 0.25) is 5.95 Å². The summed E-state index contributed by atoms with van der Waals surface area (Å²) in [5, 5.41) is 3.04. The zero-order chi connectivity index (χ0) is 25.5. The van der Waals surface area contributed by atoms with E-state index < -0.39 is 0 Å². The van der Waals surface area contributed by atoms with E-state index in [1.807, 2.05) is 60.7 Å². The Morgan fingerprint density at radius 3 is 1.61 bits per heavy atom. The van der Waals surface area contributed by atoms with E-state index in [2.05, 4.69) is 71.3 Å². The standard InChI is InChI=1S/C33H21ClN4/c34-26-12-8-11-25(21-26)22-17-19-24(20-18-22)32-35-31(23-9-2-1-3-10-23)36-33(37-32)38-29-15-6-4-13-27(29)28-14-5-7-16-30(28)38/h1-21H. The SMILES string of the molecule is Clc1cccc(-c2ccc(-c3nc(-c4ccccc4)nc(-n4c5ccccc5c5ccccc54)n3)cc2)c1. The maximum Gasteiger partial charge on any atom is 0.238 e. The van der Waals surface area contributed by atoms with Crippen LogP contribution in [0.2, 0.25) is 5.02 Å². The monoisotopic (exact) mass is 508 g/mol. The lowest BCUT2D eigenvalue weighted by Gasteiger charge is -2.11. The first kappa shape index (κ1) is 22.4. The summed E-state index contributed by atoms with van der Waals surface area (Å²) in [5.41, 5.74) is 6.11. The molecular weight excluding hydrogens is 488 g/mol. The van der Waals surface area contributed by atoms with Crippen LogP contribution in [0.1, 0.15) is 0 Å². The third-order valence-corrected chi connectivity index (χ3v) is 6.97. The number of hydrogen-bond donors (Lipinski definition) is 0. The normalized spacial score (nSPS) is 11.3. The van der Waals surface area contributed by atoms with E-state index in [1.54, 1.807) is 0 Å². The van der Waals surface area contributed by atoms with E-state index >= 15 is 0 Å². The fourth-order valence-corrected chi connectivity index (χ4v) is 5.12. The predicted octanol–water partition coefficient (Wildman–Crippen LogP) is 8.62. The van der Waals surface area contributed by atoms with Gasteiger partial charge in [-0.05, 0) is 35.4 Å². The minimum atomic E-state index is 0.588. The Balaban J connectivity index is 1.44. The van der Waals surface area contributed by atoms with Gasteiger partial charge in [-0.25, -0.2) is 4.98 Å². The molecule has 0 aliphatic carbocycles. The molecule has 0 saturated heterocycles. The highest BCUT2D eigenvalue weighted by molar-refractivity contribution is 6.30. The molecule has 38 heavy (non-hydrogen) atoms. The van der Waals surface area contributed by atoms with Crippen molar-refractivity contribution in [3.8, 4) is 39.9 Å². The molecule has 0 bridgehead atoms. The number of benzene rings is 5. The van der Waals surface area contributed by atoms with Gasteiger partial charge in [0.25, 0.3) is 0 Å². The van der Waals surface area contributed by atoms with Crippen LogP contribution in [-0.4, -0.2) is 19.5 Å². The number of para-hydroxylation sites is 2. The summed E-state index contributed by atoms with van der Waals surface area (Å²) in [7, 11) is 0. The van der Waals surface area contributed by atoms with Gasteiger partial charge in [-0.15, -0.1) is 0 Å². The van der Waals surface area contributed by atoms with Gasteiger partial charge >= 0.3 is 0 Å². The van der Waals surface area contributed by atoms with Gasteiger partial charge in [0, 0.05) is 26.9 Å². The molecule has 2 heterocycles. The van der Waals surface area contributed by atoms with E-state index in [9.17, 15) is 0 Å². The van der Waals surface area contributed by atoms with Crippen molar-refractivity contribution in [1.82, 2.24) is 19.5 Å². The summed E-state index contributed by atoms with van der Waals surface area (Å²) in [4.78, 5) is 14.9. The molecule has 7 aromatic rings. The smallest absolute Gasteiger partial charge is 0.238 e. The fraction of sp³-hybridized carbons (Fsp3) is 0. The minimum Gasteiger partial charge on any atom is -0.278 e. The van der Waals surface area contributed by atoms with Crippen LogP contribution < -0.4 is 0 Å². The second kappa shape index (κ2) is 9.25. The number of hydrogen-bond acceptors (Lipinski definition) is 3. The van der Waals surface area contributed by atoms with Gasteiger partial charge in [0.1, 0.15) is 0 Å². The van der Waals surface area contributed by atoms with Crippen LogP contribution in [0.25, 0.3) is 61.7 Å². The van der Waals surface area contributed by atoms with Gasteiger partial charge < -0.3 is 0 Å². The molecule has 0 atom stereocenters. The summed E-state index contributed by atoms with van der Waals surface area (Å²) in [6.45, 7) is 0. The molecule has 0 fully saturated rings. The summed E-state index contributed by atoms with van der Waals surface area (Å²) < 4.78 is 2.13. The van der Waals surface area contributed by atoms with E-state index in [-0.39, 0.29) is 0 Å². The molecule has 180 valence electrons. The lowest BCUT2D eigenvalue weighted by atomic mass is 10.0. The van der Waals surface area contributed by atoms with E-state index in [0.29, 0.717) is 22.6 Å². The van der Waals surface area contributed by atoms with Crippen LogP contribution in [0.5, 0.6) is 0 Å². The zero-order valence-electron chi connectivity index (χ0n) is 20.3. The molecule has 0 aliphatic heterocycles. The Morgan fingerprint density at radius 2 is 0.974 bits per heavy atom. The Hall–Kier alpha value is -4.80. The van der Waals surface area contributed by atoms with Gasteiger partial charge in [0.05, 0.1) is 11.0 Å². The van der Waals surface area contributed by atoms with Gasteiger partial charge in [-0.3, -0.25) is 4.57 Å². The van der Waals surface area contributed by atoms with Crippen molar-refractivity contribution in [2.45, 2.75) is 0 Å². The maximum atomic E-state index is 6.22. The molecule has 0 radical (unpaired) electrons. The van der Waals surface area contributed by atoms with E-state index in [0.717, 1.165) is 44.1 Å². The lowest BCUT2D eigenvalue weighted by Crippen LogP contribution is -2.06. The van der Waals surface area contributed by atoms with Crippen LogP contribution in [0.4, 0.5) is 0 Å². The fourth-order valence-electron chi connectivity index (χ4n) is 4.93. The van der Waals surface area contributed by atoms with Crippen molar-refractivity contribution in [2.75, 3.05) is 0 Å². The Kier molecular flexibility index (Phi) is 5.46. The van der Waals surface area contributed by atoms with Gasteiger partial charge in [-0.1, -0.05) is 115 Å². The molecule has 0 saturated carbocycles. The van der Waals surface area contributed by atoms with Crippen molar-refractivity contribution in [3.63, 3.8) is 0 Å². The second-order valence-electron chi connectivity index (χ2n) is 9.11. The lowest BCUT2D eigenvalue weighted by molar-refractivity contribution is 0.953. The Morgan fingerprint density at radius 1 is 0.447 bits per heavy atom. The summed E-state index contributed by atoms with van der Waals surface area (Å²) in [6.07, 6.45) is 0. The molecule has 5 aromatic carbocycles. The topological polar surface area (TPSA) is 43.6 Å². The van der Waals surface area contributed by atoms with Crippen molar-refractivity contribution < 1.29 is 0 Å². The highest BCUT2D eigenvalue weighted by Crippen LogP contribution is 2.32. The first-order valence-corrected chi connectivity index (χ1v) is 12.8. The molecule has 7 rings (SSSR count).